The van der Waals surface area contributed by atoms with E-state index in [1.165, 1.54) is 6.42 Å². The molecule has 0 N–H and O–H groups in total. The van der Waals surface area contributed by atoms with Crippen LogP contribution in [0.15, 0.2) is 24.3 Å². The van der Waals surface area contributed by atoms with Gasteiger partial charge in [-0.15, -0.1) is 11.6 Å². The third-order valence-corrected chi connectivity index (χ3v) is 5.12. The van der Waals surface area contributed by atoms with Crippen LogP contribution in [-0.4, -0.2) is 5.38 Å². The van der Waals surface area contributed by atoms with Gasteiger partial charge in [-0.2, -0.15) is 0 Å². The van der Waals surface area contributed by atoms with Gasteiger partial charge < -0.3 is 0 Å². The Morgan fingerprint density at radius 1 is 1.26 bits per heavy atom. The molecule has 1 aromatic rings. The van der Waals surface area contributed by atoms with Gasteiger partial charge >= 0.3 is 0 Å². The molecule has 1 aliphatic carbocycles. The molecule has 0 aliphatic heterocycles. The lowest BCUT2D eigenvalue weighted by Gasteiger charge is -2.42. The van der Waals surface area contributed by atoms with E-state index in [4.69, 9.17) is 11.6 Å². The van der Waals surface area contributed by atoms with Gasteiger partial charge in [0.05, 0.1) is 0 Å². The predicted octanol–water partition coefficient (Wildman–Crippen LogP) is 5.44. The molecule has 3 unspecified atom stereocenters. The molecule has 106 valence electrons. The first-order chi connectivity index (χ1) is 8.90. The van der Waals surface area contributed by atoms with Crippen LogP contribution in [0.3, 0.4) is 0 Å². The fraction of sp³-hybridized carbons (Fsp3) is 0.647. The summed E-state index contributed by atoms with van der Waals surface area (Å²) in [5, 5.41) is 0.227. The van der Waals surface area contributed by atoms with Crippen LogP contribution >= 0.6 is 11.6 Å². The van der Waals surface area contributed by atoms with E-state index in [1.807, 2.05) is 12.1 Å². The molecule has 0 saturated heterocycles. The van der Waals surface area contributed by atoms with Crippen LogP contribution in [0.2, 0.25) is 0 Å². The number of alkyl halides is 1. The Morgan fingerprint density at radius 3 is 2.58 bits per heavy atom. The smallest absolute Gasteiger partial charge is 0.126 e. The lowest BCUT2D eigenvalue weighted by atomic mass is 9.66. The fourth-order valence-electron chi connectivity index (χ4n) is 3.46. The zero-order valence-electron chi connectivity index (χ0n) is 12.1. The van der Waals surface area contributed by atoms with Crippen LogP contribution in [0.1, 0.15) is 45.6 Å². The normalized spacial score (nSPS) is 28.4. The Hall–Kier alpha value is -0.560. The summed E-state index contributed by atoms with van der Waals surface area (Å²) in [4.78, 5) is 0. The molecular weight excluding hydrogens is 259 g/mol. The summed E-state index contributed by atoms with van der Waals surface area (Å²) in [6.07, 6.45) is 4.26. The van der Waals surface area contributed by atoms with Gasteiger partial charge in [0.2, 0.25) is 0 Å². The highest BCUT2D eigenvalue weighted by atomic mass is 35.5. The summed E-state index contributed by atoms with van der Waals surface area (Å²) in [5.74, 6) is 1.11. The van der Waals surface area contributed by atoms with Crippen molar-refractivity contribution in [3.63, 3.8) is 0 Å². The lowest BCUT2D eigenvalue weighted by Crippen LogP contribution is -2.37. The number of hydrogen-bond acceptors (Lipinski definition) is 0. The van der Waals surface area contributed by atoms with Crippen molar-refractivity contribution >= 4 is 11.6 Å². The van der Waals surface area contributed by atoms with Crippen LogP contribution in [0.25, 0.3) is 0 Å². The van der Waals surface area contributed by atoms with Crippen molar-refractivity contribution in [3.8, 4) is 0 Å². The average molecular weight is 283 g/mol. The molecule has 3 atom stereocenters. The van der Waals surface area contributed by atoms with Crippen molar-refractivity contribution in [2.24, 2.45) is 17.3 Å². The van der Waals surface area contributed by atoms with Gasteiger partial charge in [0, 0.05) is 5.38 Å². The second-order valence-electron chi connectivity index (χ2n) is 6.80. The van der Waals surface area contributed by atoms with Gasteiger partial charge in [0.25, 0.3) is 0 Å². The van der Waals surface area contributed by atoms with Crippen molar-refractivity contribution in [1.82, 2.24) is 0 Å². The minimum absolute atomic E-state index is 0.0503. The largest absolute Gasteiger partial charge is 0.207 e. The molecule has 0 amide bonds. The molecule has 0 bridgehead atoms. The van der Waals surface area contributed by atoms with Crippen LogP contribution < -0.4 is 0 Å². The van der Waals surface area contributed by atoms with Crippen molar-refractivity contribution in [2.45, 2.75) is 51.8 Å². The highest BCUT2D eigenvalue weighted by Gasteiger charge is 2.38. The maximum Gasteiger partial charge on any atom is 0.126 e. The Balaban J connectivity index is 2.12. The summed E-state index contributed by atoms with van der Waals surface area (Å²) in [6, 6.07) is 7.10. The molecule has 2 heteroatoms. The highest BCUT2D eigenvalue weighted by Crippen LogP contribution is 2.44. The number of halogens is 2. The molecule has 0 aromatic heterocycles. The molecule has 0 nitrogen and oxygen atoms in total. The van der Waals surface area contributed by atoms with E-state index in [-0.39, 0.29) is 16.6 Å². The van der Waals surface area contributed by atoms with Crippen molar-refractivity contribution in [2.75, 3.05) is 0 Å². The van der Waals surface area contributed by atoms with E-state index in [2.05, 4.69) is 20.8 Å². The zero-order chi connectivity index (χ0) is 14.0. The Labute approximate surface area is 121 Å². The molecule has 0 heterocycles. The third-order valence-electron chi connectivity index (χ3n) is 4.64. The zero-order valence-corrected chi connectivity index (χ0v) is 12.9. The molecule has 1 aromatic carbocycles. The van der Waals surface area contributed by atoms with Gasteiger partial charge in [0.15, 0.2) is 0 Å². The lowest BCUT2D eigenvalue weighted by molar-refractivity contribution is 0.141. The van der Waals surface area contributed by atoms with E-state index in [1.54, 1.807) is 12.1 Å². The molecule has 19 heavy (non-hydrogen) atoms. The Bertz CT molecular complexity index is 427. The van der Waals surface area contributed by atoms with Crippen molar-refractivity contribution in [3.05, 3.63) is 35.6 Å². The van der Waals surface area contributed by atoms with Gasteiger partial charge in [0.1, 0.15) is 5.82 Å². The molecule has 0 spiro atoms. The van der Waals surface area contributed by atoms with E-state index in [9.17, 15) is 4.39 Å². The summed E-state index contributed by atoms with van der Waals surface area (Å²) < 4.78 is 13.8. The maximum absolute atomic E-state index is 13.8. The summed E-state index contributed by atoms with van der Waals surface area (Å²) in [5.41, 5.74) is 0.865. The SMILES string of the molecule is CC1CCC(C(C)(C)Cc2ccccc2F)C(Cl)C1. The molecule has 0 radical (unpaired) electrons. The van der Waals surface area contributed by atoms with Crippen molar-refractivity contribution in [1.29, 1.82) is 0 Å². The van der Waals surface area contributed by atoms with Crippen molar-refractivity contribution < 1.29 is 4.39 Å². The topological polar surface area (TPSA) is 0 Å². The minimum atomic E-state index is -0.0918. The first-order valence-electron chi connectivity index (χ1n) is 7.27. The minimum Gasteiger partial charge on any atom is -0.207 e. The summed E-state index contributed by atoms with van der Waals surface area (Å²) in [6.45, 7) is 6.74. The van der Waals surface area contributed by atoms with Crippen LogP contribution in [-0.2, 0) is 6.42 Å². The van der Waals surface area contributed by atoms with E-state index in [0.717, 1.165) is 30.7 Å². The molecule has 1 fully saturated rings. The molecule has 1 saturated carbocycles. The van der Waals surface area contributed by atoms with E-state index >= 15 is 0 Å². The third kappa shape index (κ3) is 3.51. The van der Waals surface area contributed by atoms with Crippen LogP contribution in [0, 0.1) is 23.1 Å². The average Bonchev–Trinajstić information content (AvgIpc) is 2.31. The van der Waals surface area contributed by atoms with E-state index < -0.39 is 0 Å². The standard InChI is InChI=1S/C17H24ClF/c1-12-8-9-14(15(18)10-12)17(2,3)11-13-6-4-5-7-16(13)19/h4-7,12,14-15H,8-11H2,1-3H3. The Morgan fingerprint density at radius 2 is 1.95 bits per heavy atom. The molecule has 1 aliphatic rings. The van der Waals surface area contributed by atoms with Gasteiger partial charge in [-0.1, -0.05) is 45.4 Å². The summed E-state index contributed by atoms with van der Waals surface area (Å²) in [7, 11) is 0. The summed E-state index contributed by atoms with van der Waals surface area (Å²) >= 11 is 6.57. The number of rotatable bonds is 3. The van der Waals surface area contributed by atoms with Crippen LogP contribution in [0.4, 0.5) is 4.39 Å². The first kappa shape index (κ1) is 14.8. The fourth-order valence-corrected chi connectivity index (χ4v) is 4.23. The van der Waals surface area contributed by atoms with Gasteiger partial charge in [-0.05, 0) is 48.1 Å². The Kier molecular flexibility index (Phi) is 4.55. The number of benzene rings is 1. The number of hydrogen-bond donors (Lipinski definition) is 0. The first-order valence-corrected chi connectivity index (χ1v) is 7.71. The molecular formula is C17H24ClF. The second-order valence-corrected chi connectivity index (χ2v) is 7.36. The maximum atomic E-state index is 13.8. The quantitative estimate of drug-likeness (QED) is 0.648. The predicted molar refractivity (Wildman–Crippen MR) is 80.0 cm³/mol. The monoisotopic (exact) mass is 282 g/mol. The van der Waals surface area contributed by atoms with E-state index in [0.29, 0.717) is 5.92 Å². The second kappa shape index (κ2) is 5.83. The van der Waals surface area contributed by atoms with Crippen LogP contribution in [0.5, 0.6) is 0 Å². The van der Waals surface area contributed by atoms with Gasteiger partial charge in [-0.25, -0.2) is 4.39 Å². The van der Waals surface area contributed by atoms with Gasteiger partial charge in [-0.3, -0.25) is 0 Å². The molecule has 2 rings (SSSR count). The highest BCUT2D eigenvalue weighted by molar-refractivity contribution is 6.20.